The molecule has 0 saturated carbocycles. The Morgan fingerprint density at radius 2 is 2.33 bits per heavy atom. The van der Waals surface area contributed by atoms with Gasteiger partial charge in [-0.1, -0.05) is 0 Å². The van der Waals surface area contributed by atoms with Crippen molar-refractivity contribution in [3.63, 3.8) is 0 Å². The lowest BCUT2D eigenvalue weighted by molar-refractivity contribution is 0.0331. The molecule has 1 aliphatic rings. The van der Waals surface area contributed by atoms with E-state index in [1.807, 2.05) is 0 Å². The second-order valence-corrected chi connectivity index (χ2v) is 3.59. The SMILES string of the molecule is CC(C)N1CCCO[C@H](CF)C1. The highest BCUT2D eigenvalue weighted by atomic mass is 19.1. The quantitative estimate of drug-likeness (QED) is 0.630. The van der Waals surface area contributed by atoms with E-state index < -0.39 is 0 Å². The highest BCUT2D eigenvalue weighted by molar-refractivity contribution is 4.71. The van der Waals surface area contributed by atoms with Gasteiger partial charge in [0.1, 0.15) is 6.67 Å². The van der Waals surface area contributed by atoms with Crippen LogP contribution in [0.5, 0.6) is 0 Å². The van der Waals surface area contributed by atoms with Gasteiger partial charge >= 0.3 is 0 Å². The van der Waals surface area contributed by atoms with E-state index in [4.69, 9.17) is 4.74 Å². The third-order valence-corrected chi connectivity index (χ3v) is 2.28. The number of alkyl halides is 1. The molecule has 0 aromatic rings. The maximum Gasteiger partial charge on any atom is 0.117 e. The molecule has 1 heterocycles. The predicted octanol–water partition coefficient (Wildman–Crippen LogP) is 1.46. The van der Waals surface area contributed by atoms with E-state index in [-0.39, 0.29) is 12.8 Å². The van der Waals surface area contributed by atoms with Gasteiger partial charge in [0.2, 0.25) is 0 Å². The Bertz CT molecular complexity index is 130. The van der Waals surface area contributed by atoms with Crippen LogP contribution in [-0.2, 0) is 4.74 Å². The summed E-state index contributed by atoms with van der Waals surface area (Å²) in [7, 11) is 0. The second-order valence-electron chi connectivity index (χ2n) is 3.59. The van der Waals surface area contributed by atoms with Gasteiger partial charge in [-0.25, -0.2) is 4.39 Å². The van der Waals surface area contributed by atoms with Gasteiger partial charge in [0.25, 0.3) is 0 Å². The molecule has 72 valence electrons. The van der Waals surface area contributed by atoms with Crippen molar-refractivity contribution in [2.24, 2.45) is 0 Å². The number of ether oxygens (including phenoxy) is 1. The van der Waals surface area contributed by atoms with Crippen molar-refractivity contribution in [2.45, 2.75) is 32.4 Å². The van der Waals surface area contributed by atoms with Crippen molar-refractivity contribution < 1.29 is 9.13 Å². The highest BCUT2D eigenvalue weighted by Gasteiger charge is 2.19. The Morgan fingerprint density at radius 3 is 2.92 bits per heavy atom. The molecule has 3 heteroatoms. The molecule has 0 aliphatic carbocycles. The average Bonchev–Trinajstić information content (AvgIpc) is 2.28. The van der Waals surface area contributed by atoms with Crippen LogP contribution < -0.4 is 0 Å². The molecule has 0 unspecified atom stereocenters. The average molecular weight is 175 g/mol. The van der Waals surface area contributed by atoms with Crippen LogP contribution in [0.1, 0.15) is 20.3 Å². The third kappa shape index (κ3) is 2.72. The molecule has 1 saturated heterocycles. The third-order valence-electron chi connectivity index (χ3n) is 2.28. The summed E-state index contributed by atoms with van der Waals surface area (Å²) in [5.41, 5.74) is 0. The Morgan fingerprint density at radius 1 is 1.58 bits per heavy atom. The number of rotatable bonds is 2. The molecule has 1 fully saturated rings. The molecule has 0 bridgehead atoms. The zero-order chi connectivity index (χ0) is 8.97. The molecule has 2 nitrogen and oxygen atoms in total. The second kappa shape index (κ2) is 4.77. The normalized spacial score (nSPS) is 27.5. The van der Waals surface area contributed by atoms with E-state index in [9.17, 15) is 4.39 Å². The lowest BCUT2D eigenvalue weighted by Crippen LogP contribution is -2.37. The van der Waals surface area contributed by atoms with Gasteiger partial charge in [0.05, 0.1) is 6.10 Å². The van der Waals surface area contributed by atoms with Gasteiger partial charge in [-0.15, -0.1) is 0 Å². The lowest BCUT2D eigenvalue weighted by Gasteiger charge is -2.25. The summed E-state index contributed by atoms with van der Waals surface area (Å²) < 4.78 is 17.7. The molecule has 1 atom stereocenters. The van der Waals surface area contributed by atoms with Crippen LogP contribution >= 0.6 is 0 Å². The van der Waals surface area contributed by atoms with Crippen molar-refractivity contribution in [2.75, 3.05) is 26.4 Å². The molecular formula is C9H18FNO. The number of nitrogens with zero attached hydrogens (tertiary/aromatic N) is 1. The van der Waals surface area contributed by atoms with Crippen LogP contribution in [0.3, 0.4) is 0 Å². The van der Waals surface area contributed by atoms with Gasteiger partial charge in [0, 0.05) is 25.7 Å². The van der Waals surface area contributed by atoms with Crippen LogP contribution in [0, 0.1) is 0 Å². The summed E-state index contributed by atoms with van der Waals surface area (Å²) in [4.78, 5) is 2.28. The minimum absolute atomic E-state index is 0.199. The van der Waals surface area contributed by atoms with Gasteiger partial charge in [-0.3, -0.25) is 4.90 Å². The fourth-order valence-corrected chi connectivity index (χ4v) is 1.49. The zero-order valence-corrected chi connectivity index (χ0v) is 7.92. The number of hydrogen-bond donors (Lipinski definition) is 0. The Hall–Kier alpha value is -0.150. The molecule has 0 spiro atoms. The van der Waals surface area contributed by atoms with Gasteiger partial charge < -0.3 is 4.74 Å². The van der Waals surface area contributed by atoms with E-state index in [1.54, 1.807) is 0 Å². The Balaban J connectivity index is 2.42. The monoisotopic (exact) mass is 175 g/mol. The smallest absolute Gasteiger partial charge is 0.117 e. The van der Waals surface area contributed by atoms with E-state index in [0.29, 0.717) is 12.6 Å². The molecule has 0 aromatic carbocycles. The predicted molar refractivity (Wildman–Crippen MR) is 47.0 cm³/mol. The molecule has 0 N–H and O–H groups in total. The Labute approximate surface area is 73.7 Å². The summed E-state index contributed by atoms with van der Waals surface area (Å²) >= 11 is 0. The van der Waals surface area contributed by atoms with Crippen molar-refractivity contribution >= 4 is 0 Å². The first-order chi connectivity index (χ1) is 5.74. The fourth-order valence-electron chi connectivity index (χ4n) is 1.49. The van der Waals surface area contributed by atoms with Crippen LogP contribution in [-0.4, -0.2) is 43.4 Å². The highest BCUT2D eigenvalue weighted by Crippen LogP contribution is 2.09. The Kier molecular flexibility index (Phi) is 3.95. The summed E-state index contributed by atoms with van der Waals surface area (Å²) in [6.45, 7) is 6.41. The van der Waals surface area contributed by atoms with Crippen molar-refractivity contribution in [3.8, 4) is 0 Å². The summed E-state index contributed by atoms with van der Waals surface area (Å²) in [6.07, 6.45) is 0.823. The van der Waals surface area contributed by atoms with Gasteiger partial charge in [0.15, 0.2) is 0 Å². The summed E-state index contributed by atoms with van der Waals surface area (Å²) in [5.74, 6) is 0. The van der Waals surface area contributed by atoms with Gasteiger partial charge in [-0.05, 0) is 20.3 Å². The molecule has 1 aliphatic heterocycles. The maximum absolute atomic E-state index is 12.3. The largest absolute Gasteiger partial charge is 0.374 e. The molecule has 0 amide bonds. The van der Waals surface area contributed by atoms with Crippen LogP contribution in [0.25, 0.3) is 0 Å². The maximum atomic E-state index is 12.3. The van der Waals surface area contributed by atoms with E-state index >= 15 is 0 Å². The minimum Gasteiger partial charge on any atom is -0.374 e. The molecule has 0 aromatic heterocycles. The zero-order valence-electron chi connectivity index (χ0n) is 7.92. The minimum atomic E-state index is -0.358. The van der Waals surface area contributed by atoms with E-state index in [2.05, 4.69) is 18.7 Å². The first kappa shape index (κ1) is 9.93. The number of halogens is 1. The topological polar surface area (TPSA) is 12.5 Å². The first-order valence-corrected chi connectivity index (χ1v) is 4.65. The van der Waals surface area contributed by atoms with E-state index in [0.717, 1.165) is 19.5 Å². The summed E-state index contributed by atoms with van der Waals surface area (Å²) in [6, 6.07) is 0.501. The fraction of sp³-hybridized carbons (Fsp3) is 1.00. The molecule has 12 heavy (non-hydrogen) atoms. The van der Waals surface area contributed by atoms with Crippen molar-refractivity contribution in [3.05, 3.63) is 0 Å². The van der Waals surface area contributed by atoms with Gasteiger partial charge in [-0.2, -0.15) is 0 Å². The van der Waals surface area contributed by atoms with Crippen molar-refractivity contribution in [1.29, 1.82) is 0 Å². The lowest BCUT2D eigenvalue weighted by atomic mass is 10.2. The summed E-state index contributed by atoms with van der Waals surface area (Å²) in [5, 5.41) is 0. The van der Waals surface area contributed by atoms with Crippen LogP contribution in [0.15, 0.2) is 0 Å². The van der Waals surface area contributed by atoms with E-state index in [1.165, 1.54) is 0 Å². The standard InChI is InChI=1S/C9H18FNO/c1-8(2)11-4-3-5-12-9(6-10)7-11/h8-9H,3-7H2,1-2H3/t9-/m1/s1. The number of hydrogen-bond acceptors (Lipinski definition) is 2. The molecular weight excluding hydrogens is 157 g/mol. The first-order valence-electron chi connectivity index (χ1n) is 4.65. The van der Waals surface area contributed by atoms with Crippen LogP contribution in [0.2, 0.25) is 0 Å². The van der Waals surface area contributed by atoms with Crippen LogP contribution in [0.4, 0.5) is 4.39 Å². The molecule has 0 radical (unpaired) electrons. The van der Waals surface area contributed by atoms with Crippen molar-refractivity contribution in [1.82, 2.24) is 4.90 Å². The molecule has 1 rings (SSSR count).